The van der Waals surface area contributed by atoms with Crippen molar-refractivity contribution in [3.05, 3.63) is 57.5 Å². The molecular formula is C16H14BrClN2O2S. The molecule has 1 unspecified atom stereocenters. The molecular weight excluding hydrogens is 400 g/mol. The van der Waals surface area contributed by atoms with Crippen LogP contribution in [-0.4, -0.2) is 19.4 Å². The molecule has 0 spiro atoms. The fourth-order valence-corrected chi connectivity index (χ4v) is 4.44. The zero-order chi connectivity index (χ0) is 16.6. The molecule has 0 aromatic heterocycles. The van der Waals surface area contributed by atoms with E-state index in [1.807, 2.05) is 24.3 Å². The summed E-state index contributed by atoms with van der Waals surface area (Å²) in [5, 5.41) is 4.39. The average molecular weight is 414 g/mol. The first-order valence-corrected chi connectivity index (χ1v) is 9.71. The summed E-state index contributed by atoms with van der Waals surface area (Å²) in [5.74, 6) is 0. The summed E-state index contributed by atoms with van der Waals surface area (Å²) in [6.45, 7) is 1.70. The number of anilines is 1. The van der Waals surface area contributed by atoms with Crippen molar-refractivity contribution in [2.45, 2.75) is 23.5 Å². The van der Waals surface area contributed by atoms with Crippen LogP contribution in [0.1, 0.15) is 18.9 Å². The first kappa shape index (κ1) is 16.5. The third-order valence-electron chi connectivity index (χ3n) is 3.73. The lowest BCUT2D eigenvalue weighted by molar-refractivity contribution is 0.582. The lowest BCUT2D eigenvalue weighted by Gasteiger charge is -2.23. The van der Waals surface area contributed by atoms with E-state index in [9.17, 15) is 8.42 Å². The highest BCUT2D eigenvalue weighted by molar-refractivity contribution is 9.10. The molecule has 1 heterocycles. The molecule has 1 aliphatic rings. The van der Waals surface area contributed by atoms with Crippen LogP contribution in [0.3, 0.4) is 0 Å². The summed E-state index contributed by atoms with van der Waals surface area (Å²) >= 11 is 9.41. The summed E-state index contributed by atoms with van der Waals surface area (Å²) in [6, 6.07) is 12.4. The number of fused-ring (bicyclic) bond motifs is 1. The van der Waals surface area contributed by atoms with Crippen LogP contribution >= 0.6 is 27.5 Å². The van der Waals surface area contributed by atoms with E-state index in [0.29, 0.717) is 22.7 Å². The highest BCUT2D eigenvalue weighted by atomic mass is 79.9. The minimum Gasteiger partial charge on any atom is -0.278 e. The Morgan fingerprint density at radius 1 is 1.22 bits per heavy atom. The number of halogens is 2. The van der Waals surface area contributed by atoms with E-state index in [2.05, 4.69) is 26.5 Å². The molecule has 2 aromatic rings. The molecule has 0 saturated carbocycles. The zero-order valence-electron chi connectivity index (χ0n) is 12.3. The first-order chi connectivity index (χ1) is 10.9. The Labute approximate surface area is 148 Å². The van der Waals surface area contributed by atoms with Gasteiger partial charge in [0.15, 0.2) is 9.84 Å². The van der Waals surface area contributed by atoms with Crippen molar-refractivity contribution in [2.75, 3.05) is 5.43 Å². The summed E-state index contributed by atoms with van der Waals surface area (Å²) in [4.78, 5) is 0.289. The van der Waals surface area contributed by atoms with Gasteiger partial charge in [-0.05, 0) is 49.4 Å². The molecule has 0 amide bonds. The second kappa shape index (κ2) is 6.26. The summed E-state index contributed by atoms with van der Waals surface area (Å²) < 4.78 is 25.9. The second-order valence-electron chi connectivity index (χ2n) is 5.38. The second-order valence-corrected chi connectivity index (χ2v) is 9.06. The van der Waals surface area contributed by atoms with Crippen LogP contribution < -0.4 is 5.43 Å². The number of nitrogens with zero attached hydrogens (tertiary/aromatic N) is 1. The lowest BCUT2D eigenvalue weighted by atomic mass is 10.1. The molecule has 0 aliphatic carbocycles. The minimum absolute atomic E-state index is 0.289. The van der Waals surface area contributed by atoms with E-state index in [1.165, 1.54) is 0 Å². The fraction of sp³-hybridized carbons (Fsp3) is 0.188. The SMILES string of the molecule is CC1C/C(=N/Nc2ccc(Br)cc2)c2cc(Cl)ccc2S1(=O)=O. The van der Waals surface area contributed by atoms with Crippen molar-refractivity contribution in [2.24, 2.45) is 5.10 Å². The molecule has 0 bridgehead atoms. The number of sulfone groups is 1. The molecule has 1 aliphatic heterocycles. The largest absolute Gasteiger partial charge is 0.278 e. The quantitative estimate of drug-likeness (QED) is 0.738. The molecule has 0 radical (unpaired) electrons. The van der Waals surface area contributed by atoms with Gasteiger partial charge in [-0.3, -0.25) is 5.43 Å². The first-order valence-electron chi connectivity index (χ1n) is 7.00. The molecule has 0 fully saturated rings. The van der Waals surface area contributed by atoms with Gasteiger partial charge in [0, 0.05) is 21.5 Å². The number of rotatable bonds is 2. The fourth-order valence-electron chi connectivity index (χ4n) is 2.45. The Morgan fingerprint density at radius 2 is 1.91 bits per heavy atom. The van der Waals surface area contributed by atoms with Gasteiger partial charge >= 0.3 is 0 Å². The maximum Gasteiger partial charge on any atom is 0.182 e. The molecule has 7 heteroatoms. The van der Waals surface area contributed by atoms with Crippen LogP contribution in [0.25, 0.3) is 0 Å². The summed E-state index contributed by atoms with van der Waals surface area (Å²) in [6.07, 6.45) is 0.346. The number of benzene rings is 2. The number of nitrogens with one attached hydrogen (secondary N) is 1. The van der Waals surface area contributed by atoms with Gasteiger partial charge in [-0.15, -0.1) is 0 Å². The van der Waals surface area contributed by atoms with Gasteiger partial charge in [0.25, 0.3) is 0 Å². The van der Waals surface area contributed by atoms with E-state index in [1.54, 1.807) is 25.1 Å². The zero-order valence-corrected chi connectivity index (χ0v) is 15.4. The average Bonchev–Trinajstić information content (AvgIpc) is 2.51. The van der Waals surface area contributed by atoms with Gasteiger partial charge in [-0.25, -0.2) is 8.42 Å². The predicted octanol–water partition coefficient (Wildman–Crippen LogP) is 4.48. The van der Waals surface area contributed by atoms with Gasteiger partial charge in [0.2, 0.25) is 0 Å². The van der Waals surface area contributed by atoms with Crippen LogP contribution in [0.15, 0.2) is 56.9 Å². The summed E-state index contributed by atoms with van der Waals surface area (Å²) in [7, 11) is -3.33. The Hall–Kier alpha value is -1.37. The molecule has 2 aromatic carbocycles. The van der Waals surface area contributed by atoms with E-state index in [4.69, 9.17) is 11.6 Å². The smallest absolute Gasteiger partial charge is 0.182 e. The van der Waals surface area contributed by atoms with Gasteiger partial charge in [0.1, 0.15) is 0 Å². The van der Waals surface area contributed by atoms with Gasteiger partial charge in [-0.1, -0.05) is 27.5 Å². The van der Waals surface area contributed by atoms with E-state index >= 15 is 0 Å². The highest BCUT2D eigenvalue weighted by Gasteiger charge is 2.34. The standard InChI is InChI=1S/C16H14BrClN2O2S/c1-10-8-15(20-19-13-5-2-11(17)3-6-13)14-9-12(18)4-7-16(14)23(10,21)22/h2-7,9-10,19H,8H2,1H3/b20-15-. The molecule has 0 saturated heterocycles. The van der Waals surface area contributed by atoms with Crippen molar-refractivity contribution >= 4 is 48.8 Å². The normalized spacial score (nSPS) is 21.0. The number of hydrogen-bond donors (Lipinski definition) is 1. The third kappa shape index (κ3) is 3.29. The van der Waals surface area contributed by atoms with Crippen molar-refractivity contribution in [3.63, 3.8) is 0 Å². The Kier molecular flexibility index (Phi) is 4.49. The van der Waals surface area contributed by atoms with Gasteiger partial charge in [-0.2, -0.15) is 5.10 Å². The van der Waals surface area contributed by atoms with Gasteiger partial charge < -0.3 is 0 Å². The summed E-state index contributed by atoms with van der Waals surface area (Å²) in [5.41, 5.74) is 5.06. The van der Waals surface area contributed by atoms with Crippen molar-refractivity contribution < 1.29 is 8.42 Å². The predicted molar refractivity (Wildman–Crippen MR) is 97.0 cm³/mol. The molecule has 1 atom stereocenters. The lowest BCUT2D eigenvalue weighted by Crippen LogP contribution is -2.30. The van der Waals surface area contributed by atoms with Crippen LogP contribution in [0.2, 0.25) is 5.02 Å². The van der Waals surface area contributed by atoms with Crippen molar-refractivity contribution in [1.29, 1.82) is 0 Å². The molecule has 1 N–H and O–H groups in total. The monoisotopic (exact) mass is 412 g/mol. The van der Waals surface area contributed by atoms with Crippen LogP contribution in [0.4, 0.5) is 5.69 Å². The Morgan fingerprint density at radius 3 is 2.61 bits per heavy atom. The highest BCUT2D eigenvalue weighted by Crippen LogP contribution is 2.32. The Balaban J connectivity index is 2.01. The number of hydrazone groups is 1. The minimum atomic E-state index is -3.33. The Bertz CT molecular complexity index is 879. The van der Waals surface area contributed by atoms with E-state index in [0.717, 1.165) is 10.2 Å². The molecule has 120 valence electrons. The topological polar surface area (TPSA) is 58.5 Å². The van der Waals surface area contributed by atoms with Crippen LogP contribution in [0.5, 0.6) is 0 Å². The number of hydrogen-bond acceptors (Lipinski definition) is 4. The van der Waals surface area contributed by atoms with E-state index in [-0.39, 0.29) is 4.90 Å². The van der Waals surface area contributed by atoms with Crippen LogP contribution in [0, 0.1) is 0 Å². The molecule has 23 heavy (non-hydrogen) atoms. The van der Waals surface area contributed by atoms with Gasteiger partial charge in [0.05, 0.1) is 21.5 Å². The van der Waals surface area contributed by atoms with Crippen molar-refractivity contribution in [1.82, 2.24) is 0 Å². The molecule has 4 nitrogen and oxygen atoms in total. The third-order valence-corrected chi connectivity index (χ3v) is 6.69. The van der Waals surface area contributed by atoms with Crippen LogP contribution in [-0.2, 0) is 9.84 Å². The maximum atomic E-state index is 12.4. The maximum absolute atomic E-state index is 12.4. The van der Waals surface area contributed by atoms with E-state index < -0.39 is 15.1 Å². The van der Waals surface area contributed by atoms with Crippen molar-refractivity contribution in [3.8, 4) is 0 Å². The molecule has 3 rings (SSSR count).